The van der Waals surface area contributed by atoms with Gasteiger partial charge in [0.25, 0.3) is 5.91 Å². The predicted molar refractivity (Wildman–Crippen MR) is 139 cm³/mol. The summed E-state index contributed by atoms with van der Waals surface area (Å²) in [4.78, 5) is 43.0. The molecule has 0 saturated carbocycles. The third-order valence-corrected chi connectivity index (χ3v) is 7.54. The molecule has 1 N–H and O–H groups in total. The number of nitrogens with zero attached hydrogens (tertiary/aromatic N) is 2. The van der Waals surface area contributed by atoms with Crippen molar-refractivity contribution in [2.75, 3.05) is 39.4 Å². The largest absolute Gasteiger partial charge is 0.490 e. The second-order valence-corrected chi connectivity index (χ2v) is 9.75. The number of carbonyl (C=O) groups is 3. The van der Waals surface area contributed by atoms with Crippen LogP contribution in [0.2, 0.25) is 0 Å². The minimum Gasteiger partial charge on any atom is -0.490 e. The molecule has 8 nitrogen and oxygen atoms in total. The highest BCUT2D eigenvalue weighted by Gasteiger charge is 2.46. The molecule has 3 amide bonds. The van der Waals surface area contributed by atoms with Crippen LogP contribution in [0.5, 0.6) is 11.5 Å². The molecule has 196 valence electrons. The lowest BCUT2D eigenvalue weighted by molar-refractivity contribution is -0.127. The maximum absolute atomic E-state index is 13.8. The Balaban J connectivity index is 1.46. The van der Waals surface area contributed by atoms with Gasteiger partial charge in [0.15, 0.2) is 11.5 Å². The Labute approximate surface area is 217 Å². The maximum atomic E-state index is 13.8. The van der Waals surface area contributed by atoms with Crippen LogP contribution in [0.1, 0.15) is 72.1 Å². The summed E-state index contributed by atoms with van der Waals surface area (Å²) in [5.74, 6) is 0.810. The van der Waals surface area contributed by atoms with Crippen molar-refractivity contribution in [3.05, 3.63) is 58.7 Å². The number of hydrogen-bond acceptors (Lipinski definition) is 5. The summed E-state index contributed by atoms with van der Waals surface area (Å²) in [5, 5.41) is 3.11. The van der Waals surface area contributed by atoms with Gasteiger partial charge in [0.1, 0.15) is 0 Å². The first-order valence-corrected chi connectivity index (χ1v) is 13.4. The van der Waals surface area contributed by atoms with E-state index in [0.29, 0.717) is 69.2 Å². The summed E-state index contributed by atoms with van der Waals surface area (Å²) in [6.45, 7) is 7.32. The average molecular weight is 506 g/mol. The molecule has 0 aromatic heterocycles. The van der Waals surface area contributed by atoms with Crippen molar-refractivity contribution in [2.24, 2.45) is 0 Å². The molecule has 2 aromatic rings. The highest BCUT2D eigenvalue weighted by atomic mass is 16.5. The zero-order chi connectivity index (χ0) is 25.9. The third-order valence-electron chi connectivity index (χ3n) is 7.54. The molecule has 0 unspecified atom stereocenters. The van der Waals surface area contributed by atoms with E-state index in [1.54, 1.807) is 0 Å². The summed E-state index contributed by atoms with van der Waals surface area (Å²) in [7, 11) is 0. The molecule has 0 bridgehead atoms. The van der Waals surface area contributed by atoms with Gasteiger partial charge in [0.2, 0.25) is 11.8 Å². The molecule has 37 heavy (non-hydrogen) atoms. The van der Waals surface area contributed by atoms with E-state index in [1.165, 1.54) is 0 Å². The topological polar surface area (TPSA) is 88.2 Å². The van der Waals surface area contributed by atoms with Crippen molar-refractivity contribution in [1.29, 1.82) is 0 Å². The molecule has 0 radical (unpaired) electrons. The van der Waals surface area contributed by atoms with Gasteiger partial charge < -0.3 is 24.6 Å². The molecule has 0 spiro atoms. The van der Waals surface area contributed by atoms with Gasteiger partial charge in [-0.05, 0) is 68.0 Å². The third kappa shape index (κ3) is 4.77. The normalized spacial score (nSPS) is 20.3. The van der Waals surface area contributed by atoms with Crippen molar-refractivity contribution in [1.82, 2.24) is 15.1 Å². The Morgan fingerprint density at radius 3 is 2.49 bits per heavy atom. The zero-order valence-electron chi connectivity index (χ0n) is 21.6. The summed E-state index contributed by atoms with van der Waals surface area (Å²) in [6.07, 6.45) is 2.90. The number of likely N-dealkylation sites (tertiary alicyclic amines) is 1. The van der Waals surface area contributed by atoms with Gasteiger partial charge in [-0.15, -0.1) is 0 Å². The lowest BCUT2D eigenvalue weighted by Gasteiger charge is -2.45. The van der Waals surface area contributed by atoms with Crippen molar-refractivity contribution < 1.29 is 23.9 Å². The summed E-state index contributed by atoms with van der Waals surface area (Å²) in [5.41, 5.74) is 3.34. The van der Waals surface area contributed by atoms with E-state index in [-0.39, 0.29) is 17.7 Å². The molecule has 1 fully saturated rings. The first-order valence-electron chi connectivity index (χ1n) is 13.4. The SMILES string of the molecule is CCOc1cc2c(cc1OCC)[C@@H]1[C@H](C(=O)NCCCN3CCCC3=O)c3ccccc3C(=O)N1CC2. The second-order valence-electron chi connectivity index (χ2n) is 9.75. The van der Waals surface area contributed by atoms with Crippen molar-refractivity contribution in [2.45, 2.75) is 51.5 Å². The number of hydrogen-bond donors (Lipinski definition) is 1. The van der Waals surface area contributed by atoms with E-state index in [1.807, 2.05) is 60.0 Å². The molecule has 3 aliphatic rings. The zero-order valence-corrected chi connectivity index (χ0v) is 21.6. The fourth-order valence-corrected chi connectivity index (χ4v) is 5.89. The predicted octanol–water partition coefficient (Wildman–Crippen LogP) is 3.45. The molecule has 2 aromatic carbocycles. The Hall–Kier alpha value is -3.55. The Morgan fingerprint density at radius 2 is 1.76 bits per heavy atom. The number of nitrogens with one attached hydrogen (secondary N) is 1. The van der Waals surface area contributed by atoms with E-state index in [4.69, 9.17) is 9.47 Å². The Morgan fingerprint density at radius 1 is 1.00 bits per heavy atom. The average Bonchev–Trinajstić information content (AvgIpc) is 3.31. The summed E-state index contributed by atoms with van der Waals surface area (Å²) < 4.78 is 11.7. The first kappa shape index (κ1) is 25.1. The highest BCUT2D eigenvalue weighted by molar-refractivity contribution is 6.01. The molecule has 1 saturated heterocycles. The minimum atomic E-state index is -0.547. The summed E-state index contributed by atoms with van der Waals surface area (Å²) >= 11 is 0. The van der Waals surface area contributed by atoms with E-state index in [0.717, 1.165) is 29.7 Å². The van der Waals surface area contributed by atoms with E-state index >= 15 is 0 Å². The van der Waals surface area contributed by atoms with Gasteiger partial charge in [-0.1, -0.05) is 18.2 Å². The molecule has 0 aliphatic carbocycles. The lowest BCUT2D eigenvalue weighted by atomic mass is 9.75. The van der Waals surface area contributed by atoms with Crippen LogP contribution in [0.3, 0.4) is 0 Å². The van der Waals surface area contributed by atoms with Crippen molar-refractivity contribution in [3.8, 4) is 11.5 Å². The van der Waals surface area contributed by atoms with Gasteiger partial charge in [-0.3, -0.25) is 14.4 Å². The second kappa shape index (κ2) is 10.8. The first-order chi connectivity index (χ1) is 18.0. The number of rotatable bonds is 9. The highest BCUT2D eigenvalue weighted by Crippen LogP contribution is 2.48. The number of carbonyl (C=O) groups excluding carboxylic acids is 3. The van der Waals surface area contributed by atoms with E-state index in [9.17, 15) is 14.4 Å². The Kier molecular flexibility index (Phi) is 7.35. The van der Waals surface area contributed by atoms with Crippen LogP contribution in [0.25, 0.3) is 0 Å². The molecule has 5 rings (SSSR count). The molecule has 8 heteroatoms. The number of ether oxygens (including phenoxy) is 2. The molecular formula is C29H35N3O5. The maximum Gasteiger partial charge on any atom is 0.254 e. The standard InChI is InChI=1S/C29H35N3O5/c1-3-36-23-17-19-12-16-32-27(22(19)18-24(23)37-4-2)26(20-9-5-6-10-21(20)29(32)35)28(34)30-13-8-15-31-14-7-11-25(31)33/h5-6,9-10,17-18,26-27H,3-4,7-8,11-16H2,1-2H3,(H,30,34)/t26-,27-/m1/s1. The molecule has 2 atom stereocenters. The van der Waals surface area contributed by atoms with Crippen LogP contribution in [-0.4, -0.2) is 66.9 Å². The molecule has 3 aliphatic heterocycles. The van der Waals surface area contributed by atoms with Crippen LogP contribution in [0.15, 0.2) is 36.4 Å². The van der Waals surface area contributed by atoms with Crippen LogP contribution in [0.4, 0.5) is 0 Å². The molecular weight excluding hydrogens is 470 g/mol. The fraction of sp³-hybridized carbons (Fsp3) is 0.483. The summed E-state index contributed by atoms with van der Waals surface area (Å²) in [6, 6.07) is 11.0. The van der Waals surface area contributed by atoms with Gasteiger partial charge in [0.05, 0.1) is 25.2 Å². The van der Waals surface area contributed by atoms with Crippen LogP contribution in [-0.2, 0) is 16.0 Å². The van der Waals surface area contributed by atoms with Crippen LogP contribution < -0.4 is 14.8 Å². The van der Waals surface area contributed by atoms with Crippen LogP contribution >= 0.6 is 0 Å². The number of fused-ring (bicyclic) bond motifs is 4. The monoisotopic (exact) mass is 505 g/mol. The minimum absolute atomic E-state index is 0.0466. The van der Waals surface area contributed by atoms with Gasteiger partial charge >= 0.3 is 0 Å². The lowest BCUT2D eigenvalue weighted by Crippen LogP contribution is -2.50. The van der Waals surface area contributed by atoms with Gasteiger partial charge in [0, 0.05) is 38.2 Å². The number of benzene rings is 2. The fourth-order valence-electron chi connectivity index (χ4n) is 5.89. The van der Waals surface area contributed by atoms with Crippen LogP contribution in [0, 0.1) is 0 Å². The quantitative estimate of drug-likeness (QED) is 0.528. The van der Waals surface area contributed by atoms with Crippen molar-refractivity contribution in [3.63, 3.8) is 0 Å². The van der Waals surface area contributed by atoms with Gasteiger partial charge in [-0.25, -0.2) is 0 Å². The van der Waals surface area contributed by atoms with Crippen molar-refractivity contribution >= 4 is 17.7 Å². The van der Waals surface area contributed by atoms with Gasteiger partial charge in [-0.2, -0.15) is 0 Å². The van der Waals surface area contributed by atoms with E-state index in [2.05, 4.69) is 5.32 Å². The Bertz CT molecular complexity index is 1200. The number of amides is 3. The smallest absolute Gasteiger partial charge is 0.254 e. The molecule has 3 heterocycles. The van der Waals surface area contributed by atoms with E-state index < -0.39 is 12.0 Å².